The molecule has 1 fully saturated rings. The number of methoxy groups -OCH3 is 1. The van der Waals surface area contributed by atoms with Crippen molar-refractivity contribution in [1.82, 2.24) is 4.90 Å². The quantitative estimate of drug-likeness (QED) is 0.649. The number of hydrogen-bond acceptors (Lipinski definition) is 4. The molecule has 0 aliphatic carbocycles. The van der Waals surface area contributed by atoms with Crippen LogP contribution in [0.4, 0.5) is 0 Å². The van der Waals surface area contributed by atoms with Gasteiger partial charge in [-0.2, -0.15) is 0 Å². The number of carbonyl (C=O) groups excluding carboxylic acids is 1. The van der Waals surface area contributed by atoms with Crippen molar-refractivity contribution >= 4 is 5.91 Å². The van der Waals surface area contributed by atoms with Crippen LogP contribution in [-0.2, 0) is 14.3 Å². The van der Waals surface area contributed by atoms with Gasteiger partial charge in [0.05, 0.1) is 19.3 Å². The van der Waals surface area contributed by atoms with Crippen LogP contribution in [0.25, 0.3) is 0 Å². The smallest absolute Gasteiger partial charge is 0.224 e. The molecule has 0 aromatic heterocycles. The van der Waals surface area contributed by atoms with Gasteiger partial charge in [-0.1, -0.05) is 0 Å². The van der Waals surface area contributed by atoms with E-state index in [0.29, 0.717) is 39.3 Å². The van der Waals surface area contributed by atoms with Crippen molar-refractivity contribution in [3.63, 3.8) is 0 Å². The zero-order valence-electron chi connectivity index (χ0n) is 8.57. The molecule has 1 atom stereocenters. The highest BCUT2D eigenvalue weighted by atomic mass is 16.5. The fourth-order valence-electron chi connectivity index (χ4n) is 1.51. The van der Waals surface area contributed by atoms with E-state index in [1.54, 1.807) is 12.0 Å². The van der Waals surface area contributed by atoms with Crippen LogP contribution < -0.4 is 5.73 Å². The van der Waals surface area contributed by atoms with Crippen molar-refractivity contribution in [2.24, 2.45) is 5.73 Å². The number of carbonyl (C=O) groups is 1. The molecule has 0 saturated carbocycles. The molecule has 1 rings (SSSR count). The van der Waals surface area contributed by atoms with Crippen molar-refractivity contribution in [2.75, 3.05) is 40.0 Å². The minimum Gasteiger partial charge on any atom is -0.382 e. The number of hydrogen-bond donors (Lipinski definition) is 1. The Balaban J connectivity index is 2.35. The first kappa shape index (κ1) is 11.4. The molecule has 0 radical (unpaired) electrons. The second-order valence-corrected chi connectivity index (χ2v) is 3.33. The molecule has 1 amide bonds. The predicted octanol–water partition coefficient (Wildman–Crippen LogP) is -0.791. The van der Waals surface area contributed by atoms with E-state index in [0.717, 1.165) is 0 Å². The Hall–Kier alpha value is -0.650. The molecule has 1 unspecified atom stereocenters. The molecule has 0 bridgehead atoms. The van der Waals surface area contributed by atoms with Crippen LogP contribution >= 0.6 is 0 Å². The van der Waals surface area contributed by atoms with Gasteiger partial charge >= 0.3 is 0 Å². The van der Waals surface area contributed by atoms with E-state index in [1.807, 2.05) is 0 Å². The largest absolute Gasteiger partial charge is 0.382 e. The highest BCUT2D eigenvalue weighted by molar-refractivity contribution is 5.76. The molecule has 0 aromatic carbocycles. The summed E-state index contributed by atoms with van der Waals surface area (Å²) in [6.07, 6.45) is 0.426. The van der Waals surface area contributed by atoms with Crippen molar-refractivity contribution in [1.29, 1.82) is 0 Å². The number of morpholine rings is 1. The van der Waals surface area contributed by atoms with Crippen LogP contribution in [0.3, 0.4) is 0 Å². The molecule has 1 aliphatic heterocycles. The van der Waals surface area contributed by atoms with Crippen LogP contribution in [0.2, 0.25) is 0 Å². The van der Waals surface area contributed by atoms with Gasteiger partial charge in [-0.3, -0.25) is 4.79 Å². The van der Waals surface area contributed by atoms with E-state index in [9.17, 15) is 4.79 Å². The number of amides is 1. The third kappa shape index (κ3) is 3.25. The van der Waals surface area contributed by atoms with Gasteiger partial charge in [0.2, 0.25) is 5.91 Å². The molecule has 1 heterocycles. The van der Waals surface area contributed by atoms with Crippen molar-refractivity contribution in [3.8, 4) is 0 Å². The first-order chi connectivity index (χ1) is 6.77. The Kier molecular flexibility index (Phi) is 4.86. The topological polar surface area (TPSA) is 64.8 Å². The number of rotatable bonds is 4. The summed E-state index contributed by atoms with van der Waals surface area (Å²) in [5, 5.41) is 0. The monoisotopic (exact) mass is 202 g/mol. The van der Waals surface area contributed by atoms with Gasteiger partial charge in [-0.05, 0) is 0 Å². The SMILES string of the molecule is COCC1CN(C(=O)CCN)CCO1. The average Bonchev–Trinajstić information content (AvgIpc) is 2.19. The molecule has 2 N–H and O–H groups in total. The van der Waals surface area contributed by atoms with Crippen LogP contribution in [0.15, 0.2) is 0 Å². The summed E-state index contributed by atoms with van der Waals surface area (Å²) in [4.78, 5) is 13.3. The van der Waals surface area contributed by atoms with Crippen LogP contribution in [0.1, 0.15) is 6.42 Å². The van der Waals surface area contributed by atoms with E-state index in [-0.39, 0.29) is 12.0 Å². The highest BCUT2D eigenvalue weighted by Gasteiger charge is 2.23. The maximum Gasteiger partial charge on any atom is 0.224 e. The van der Waals surface area contributed by atoms with Gasteiger partial charge in [0.25, 0.3) is 0 Å². The lowest BCUT2D eigenvalue weighted by Gasteiger charge is -2.32. The van der Waals surface area contributed by atoms with Crippen molar-refractivity contribution in [3.05, 3.63) is 0 Å². The molecule has 0 aromatic rings. The van der Waals surface area contributed by atoms with Gasteiger partial charge in [0.1, 0.15) is 0 Å². The molecule has 1 saturated heterocycles. The normalized spacial score (nSPS) is 22.4. The maximum absolute atomic E-state index is 11.5. The Bertz CT molecular complexity index is 185. The summed E-state index contributed by atoms with van der Waals surface area (Å²) in [6.45, 7) is 2.81. The van der Waals surface area contributed by atoms with E-state index in [2.05, 4.69) is 0 Å². The van der Waals surface area contributed by atoms with Gasteiger partial charge < -0.3 is 20.1 Å². The summed E-state index contributed by atoms with van der Waals surface area (Å²) in [5.74, 6) is 0.108. The Morgan fingerprint density at radius 1 is 1.71 bits per heavy atom. The highest BCUT2D eigenvalue weighted by Crippen LogP contribution is 2.06. The molecule has 1 aliphatic rings. The summed E-state index contributed by atoms with van der Waals surface area (Å²) in [5.41, 5.74) is 5.33. The van der Waals surface area contributed by atoms with Crippen LogP contribution in [0.5, 0.6) is 0 Å². The predicted molar refractivity (Wildman–Crippen MR) is 51.9 cm³/mol. The zero-order chi connectivity index (χ0) is 10.4. The average molecular weight is 202 g/mol. The minimum atomic E-state index is 0.00970. The molecule has 5 heteroatoms. The van der Waals surface area contributed by atoms with Crippen molar-refractivity contribution in [2.45, 2.75) is 12.5 Å². The van der Waals surface area contributed by atoms with Gasteiger partial charge in [-0.15, -0.1) is 0 Å². The fraction of sp³-hybridized carbons (Fsp3) is 0.889. The van der Waals surface area contributed by atoms with E-state index >= 15 is 0 Å². The first-order valence-corrected chi connectivity index (χ1v) is 4.86. The lowest BCUT2D eigenvalue weighted by Crippen LogP contribution is -2.47. The third-order valence-corrected chi connectivity index (χ3v) is 2.20. The van der Waals surface area contributed by atoms with Crippen LogP contribution in [0, 0.1) is 0 Å². The molecule has 0 spiro atoms. The van der Waals surface area contributed by atoms with E-state index < -0.39 is 0 Å². The van der Waals surface area contributed by atoms with Gasteiger partial charge in [0.15, 0.2) is 0 Å². The summed E-state index contributed by atoms with van der Waals surface area (Å²) >= 11 is 0. The standard InChI is InChI=1S/C9H18N2O3/c1-13-7-8-6-11(4-5-14-8)9(12)2-3-10/h8H,2-7,10H2,1H3. The summed E-state index contributed by atoms with van der Waals surface area (Å²) < 4.78 is 10.4. The number of nitrogens with zero attached hydrogens (tertiary/aromatic N) is 1. The Morgan fingerprint density at radius 2 is 2.50 bits per heavy atom. The second kappa shape index (κ2) is 5.95. The van der Waals surface area contributed by atoms with Gasteiger partial charge in [0, 0.05) is 33.2 Å². The lowest BCUT2D eigenvalue weighted by atomic mass is 10.2. The maximum atomic E-state index is 11.5. The zero-order valence-corrected chi connectivity index (χ0v) is 8.57. The second-order valence-electron chi connectivity index (χ2n) is 3.33. The summed E-state index contributed by atoms with van der Waals surface area (Å²) in [6, 6.07) is 0. The third-order valence-electron chi connectivity index (χ3n) is 2.20. The number of ether oxygens (including phenoxy) is 2. The lowest BCUT2D eigenvalue weighted by molar-refractivity contribution is -0.140. The molecular weight excluding hydrogens is 184 g/mol. The summed E-state index contributed by atoms with van der Waals surface area (Å²) in [7, 11) is 1.63. The Morgan fingerprint density at radius 3 is 3.14 bits per heavy atom. The molecule has 5 nitrogen and oxygen atoms in total. The Labute approximate surface area is 84.1 Å². The fourth-order valence-corrected chi connectivity index (χ4v) is 1.51. The first-order valence-electron chi connectivity index (χ1n) is 4.86. The number of nitrogens with two attached hydrogens (primary N) is 1. The van der Waals surface area contributed by atoms with Crippen molar-refractivity contribution < 1.29 is 14.3 Å². The van der Waals surface area contributed by atoms with E-state index in [4.69, 9.17) is 15.2 Å². The van der Waals surface area contributed by atoms with Crippen LogP contribution in [-0.4, -0.2) is 56.9 Å². The van der Waals surface area contributed by atoms with E-state index in [1.165, 1.54) is 0 Å². The molecule has 14 heavy (non-hydrogen) atoms. The molecular formula is C9H18N2O3. The molecule has 82 valence electrons. The minimum absolute atomic E-state index is 0.00970. The van der Waals surface area contributed by atoms with Gasteiger partial charge in [-0.25, -0.2) is 0 Å².